The lowest BCUT2D eigenvalue weighted by molar-refractivity contribution is 0.419. The van der Waals surface area contributed by atoms with Crippen LogP contribution in [-0.2, 0) is 0 Å². The third-order valence-electron chi connectivity index (χ3n) is 3.32. The topological polar surface area (TPSA) is 29.4 Å². The van der Waals surface area contributed by atoms with Crippen LogP contribution in [0.5, 0.6) is 0 Å². The van der Waals surface area contributed by atoms with Crippen LogP contribution in [0.3, 0.4) is 0 Å². The van der Waals surface area contributed by atoms with E-state index >= 15 is 0 Å². The molecule has 0 amide bonds. The zero-order chi connectivity index (χ0) is 17.4. The van der Waals surface area contributed by atoms with E-state index in [2.05, 4.69) is 71.3 Å². The monoisotopic (exact) mass is 321 g/mol. The minimum Gasteiger partial charge on any atom is -0.145 e. The molecule has 0 aliphatic carbocycles. The first kappa shape index (κ1) is 21.0. The van der Waals surface area contributed by atoms with E-state index < -0.39 is 0 Å². The standard InChI is InChI=1S/C19H32NOP/c1-9-15(12-14-22-8)17(20-21)16(19(5,6)7)11-10-13-18(2,3)4/h9-11,14H,12-13H2,1-8H3/b11-10+,15-9-,17-16-. The molecule has 0 aliphatic heterocycles. The fourth-order valence-electron chi connectivity index (χ4n) is 2.04. The highest BCUT2D eigenvalue weighted by molar-refractivity contribution is 7.37. The average Bonchev–Trinajstić information content (AvgIpc) is 2.38. The average molecular weight is 321 g/mol. The highest BCUT2D eigenvalue weighted by atomic mass is 31.1. The molecule has 22 heavy (non-hydrogen) atoms. The molecule has 0 bridgehead atoms. The maximum atomic E-state index is 11.5. The second-order valence-electron chi connectivity index (χ2n) is 7.73. The van der Waals surface area contributed by atoms with Crippen molar-refractivity contribution in [3.63, 3.8) is 0 Å². The number of hydrogen-bond acceptors (Lipinski definition) is 2. The Morgan fingerprint density at radius 2 is 1.73 bits per heavy atom. The molecule has 0 unspecified atom stereocenters. The number of allylic oxidation sites excluding steroid dienone is 5. The summed E-state index contributed by atoms with van der Waals surface area (Å²) in [6.07, 6.45) is 8.02. The van der Waals surface area contributed by atoms with E-state index in [-0.39, 0.29) is 10.8 Å². The van der Waals surface area contributed by atoms with Crippen LogP contribution in [0.1, 0.15) is 61.3 Å². The van der Waals surface area contributed by atoms with Crippen molar-refractivity contribution < 1.29 is 0 Å². The molecule has 124 valence electrons. The first-order valence-electron chi connectivity index (χ1n) is 7.87. The second-order valence-corrected chi connectivity index (χ2v) is 8.61. The smallest absolute Gasteiger partial charge is 0.114 e. The molecule has 0 fully saturated rings. The first-order valence-corrected chi connectivity index (χ1v) is 9.28. The Morgan fingerprint density at radius 3 is 2.09 bits per heavy atom. The van der Waals surface area contributed by atoms with Crippen molar-refractivity contribution in [3.8, 4) is 0 Å². The van der Waals surface area contributed by atoms with Gasteiger partial charge in [0, 0.05) is 0 Å². The first-order chi connectivity index (χ1) is 10.1. The maximum Gasteiger partial charge on any atom is 0.114 e. The zero-order valence-corrected chi connectivity index (χ0v) is 16.4. The van der Waals surface area contributed by atoms with E-state index in [1.165, 1.54) is 8.20 Å². The SMILES string of the molecule is C\C=C(C/C=P\C)/C(N=O)=C(\C=C\CC(C)(C)C)C(C)(C)C. The predicted molar refractivity (Wildman–Crippen MR) is 103 cm³/mol. The lowest BCUT2D eigenvalue weighted by Crippen LogP contribution is -2.11. The number of rotatable bonds is 6. The number of nitroso groups, excluding NO2 is 1. The van der Waals surface area contributed by atoms with E-state index in [0.29, 0.717) is 5.70 Å². The van der Waals surface area contributed by atoms with Gasteiger partial charge in [0.25, 0.3) is 0 Å². The van der Waals surface area contributed by atoms with E-state index in [1.54, 1.807) is 0 Å². The Morgan fingerprint density at radius 1 is 1.14 bits per heavy atom. The van der Waals surface area contributed by atoms with E-state index in [0.717, 1.165) is 24.0 Å². The molecule has 0 spiro atoms. The maximum absolute atomic E-state index is 11.5. The predicted octanol–water partition coefficient (Wildman–Crippen LogP) is 6.76. The molecule has 0 N–H and O–H groups in total. The Bertz CT molecular complexity index is 483. The van der Waals surface area contributed by atoms with Gasteiger partial charge in [-0.2, -0.15) is 0 Å². The van der Waals surface area contributed by atoms with Crippen LogP contribution in [0.4, 0.5) is 0 Å². The van der Waals surface area contributed by atoms with Gasteiger partial charge in [0.1, 0.15) is 5.70 Å². The van der Waals surface area contributed by atoms with Gasteiger partial charge in [0.05, 0.1) is 0 Å². The van der Waals surface area contributed by atoms with E-state index in [4.69, 9.17) is 0 Å². The van der Waals surface area contributed by atoms with Crippen LogP contribution < -0.4 is 0 Å². The second kappa shape index (κ2) is 9.20. The molecule has 2 nitrogen and oxygen atoms in total. The lowest BCUT2D eigenvalue weighted by Gasteiger charge is -2.23. The normalized spacial score (nSPS) is 15.5. The summed E-state index contributed by atoms with van der Waals surface area (Å²) in [5.41, 5.74) is 2.75. The van der Waals surface area contributed by atoms with Gasteiger partial charge in [-0.25, -0.2) is 0 Å². The van der Waals surface area contributed by atoms with Gasteiger partial charge in [-0.15, -0.1) is 13.1 Å². The van der Waals surface area contributed by atoms with Crippen molar-refractivity contribution in [1.82, 2.24) is 0 Å². The van der Waals surface area contributed by atoms with Gasteiger partial charge in [0.15, 0.2) is 0 Å². The summed E-state index contributed by atoms with van der Waals surface area (Å²) in [4.78, 5) is 11.5. The van der Waals surface area contributed by atoms with Gasteiger partial charge >= 0.3 is 0 Å². The fraction of sp³-hybridized carbons (Fsp3) is 0.632. The molecule has 0 saturated carbocycles. The molecule has 0 aromatic rings. The summed E-state index contributed by atoms with van der Waals surface area (Å²) in [7, 11) is 1.22. The Kier molecular flexibility index (Phi) is 8.78. The summed E-state index contributed by atoms with van der Waals surface area (Å²) in [5.74, 6) is 2.15. The zero-order valence-electron chi connectivity index (χ0n) is 15.5. The molecule has 0 radical (unpaired) electrons. The molecular formula is C19H32NOP. The minimum absolute atomic E-state index is 0.115. The van der Waals surface area contributed by atoms with Crippen LogP contribution in [0.15, 0.2) is 40.2 Å². The summed E-state index contributed by atoms with van der Waals surface area (Å²) in [5, 5.41) is 3.38. The third kappa shape index (κ3) is 7.84. The molecule has 0 aromatic heterocycles. The van der Waals surface area contributed by atoms with Crippen LogP contribution in [0.2, 0.25) is 0 Å². The van der Waals surface area contributed by atoms with Crippen molar-refractivity contribution in [2.24, 2.45) is 16.0 Å². The quantitative estimate of drug-likeness (QED) is 0.302. The van der Waals surface area contributed by atoms with Crippen LogP contribution >= 0.6 is 8.20 Å². The molecule has 3 heteroatoms. The van der Waals surface area contributed by atoms with Gasteiger partial charge in [-0.3, -0.25) is 0 Å². The third-order valence-corrected chi connectivity index (χ3v) is 3.86. The minimum atomic E-state index is -0.115. The number of hydrogen-bond donors (Lipinski definition) is 0. The summed E-state index contributed by atoms with van der Waals surface area (Å²) in [6.45, 7) is 17.1. The van der Waals surface area contributed by atoms with Crippen molar-refractivity contribution >= 4 is 14.0 Å². The highest BCUT2D eigenvalue weighted by Gasteiger charge is 2.22. The van der Waals surface area contributed by atoms with Crippen molar-refractivity contribution in [3.05, 3.63) is 40.0 Å². The van der Waals surface area contributed by atoms with Gasteiger partial charge < -0.3 is 0 Å². The van der Waals surface area contributed by atoms with Gasteiger partial charge in [-0.05, 0) is 53.6 Å². The Balaban J connectivity index is 5.82. The van der Waals surface area contributed by atoms with E-state index in [1.807, 2.05) is 13.0 Å². The number of nitrogens with zero attached hydrogens (tertiary/aromatic N) is 1. The Labute approximate surface area is 138 Å². The van der Waals surface area contributed by atoms with Gasteiger partial charge in [-0.1, -0.05) is 65.6 Å². The lowest BCUT2D eigenvalue weighted by atomic mass is 9.82. The fourth-order valence-corrected chi connectivity index (χ4v) is 2.42. The van der Waals surface area contributed by atoms with Crippen LogP contribution in [0.25, 0.3) is 0 Å². The van der Waals surface area contributed by atoms with Crippen molar-refractivity contribution in [2.75, 3.05) is 6.66 Å². The molecule has 0 saturated heterocycles. The molecule has 0 atom stereocenters. The Hall–Kier alpha value is -1.01. The summed E-state index contributed by atoms with van der Waals surface area (Å²) in [6, 6.07) is 0. The van der Waals surface area contributed by atoms with Crippen LogP contribution in [0, 0.1) is 15.7 Å². The van der Waals surface area contributed by atoms with Crippen molar-refractivity contribution in [2.45, 2.75) is 61.3 Å². The van der Waals surface area contributed by atoms with E-state index in [9.17, 15) is 4.91 Å². The molecule has 0 aromatic carbocycles. The molecular weight excluding hydrogens is 289 g/mol. The molecule has 0 heterocycles. The highest BCUT2D eigenvalue weighted by Crippen LogP contribution is 2.34. The molecule has 0 aliphatic rings. The van der Waals surface area contributed by atoms with Gasteiger partial charge in [0.2, 0.25) is 0 Å². The summed E-state index contributed by atoms with van der Waals surface area (Å²) >= 11 is 0. The van der Waals surface area contributed by atoms with Crippen molar-refractivity contribution in [1.29, 1.82) is 0 Å². The molecule has 0 rings (SSSR count). The van der Waals surface area contributed by atoms with Crippen LogP contribution in [-0.4, -0.2) is 12.5 Å². The summed E-state index contributed by atoms with van der Waals surface area (Å²) < 4.78 is 0. The largest absolute Gasteiger partial charge is 0.145 e.